The van der Waals surface area contributed by atoms with Crippen LogP contribution in [-0.4, -0.2) is 0 Å². The van der Waals surface area contributed by atoms with E-state index in [0.29, 0.717) is 0 Å². The third kappa shape index (κ3) is 4.55. The number of fused-ring (bicyclic) bond motifs is 14. The van der Waals surface area contributed by atoms with E-state index in [1.807, 2.05) is 0 Å². The van der Waals surface area contributed by atoms with Crippen LogP contribution in [0, 0.1) is 0 Å². The van der Waals surface area contributed by atoms with Gasteiger partial charge in [0.05, 0.1) is 10.8 Å². The minimum absolute atomic E-state index is 0.438. The molecule has 0 heterocycles. The van der Waals surface area contributed by atoms with Crippen LogP contribution in [0.3, 0.4) is 0 Å². The third-order valence-electron chi connectivity index (χ3n) is 13.9. The van der Waals surface area contributed by atoms with Gasteiger partial charge in [-0.1, -0.05) is 200 Å². The van der Waals surface area contributed by atoms with Crippen LogP contribution in [-0.2, 0) is 10.8 Å². The van der Waals surface area contributed by atoms with E-state index in [2.05, 4.69) is 241 Å². The molecule has 0 aliphatic heterocycles. The summed E-state index contributed by atoms with van der Waals surface area (Å²) < 4.78 is 0. The van der Waals surface area contributed by atoms with Gasteiger partial charge in [-0.3, -0.25) is 0 Å². The molecule has 0 aromatic heterocycles. The fraction of sp³-hybridized carbons (Fsp3) is 0.0333. The van der Waals surface area contributed by atoms with Gasteiger partial charge in [0.15, 0.2) is 0 Å². The molecule has 61 heavy (non-hydrogen) atoms. The topological polar surface area (TPSA) is 3.24 Å². The van der Waals surface area contributed by atoms with Gasteiger partial charge in [0, 0.05) is 17.1 Å². The first kappa shape index (κ1) is 34.2. The smallest absolute Gasteiger partial charge is 0.0726 e. The fourth-order valence-corrected chi connectivity index (χ4v) is 11.6. The normalized spacial score (nSPS) is 14.2. The summed E-state index contributed by atoms with van der Waals surface area (Å²) in [5, 5.41) is 2.44. The summed E-state index contributed by atoms with van der Waals surface area (Å²) in [6, 6.07) is 88.5. The second-order valence-corrected chi connectivity index (χ2v) is 16.7. The Labute approximate surface area is 356 Å². The molecule has 0 atom stereocenters. The molecular weight excluding hydrogens is 735 g/mol. The highest BCUT2D eigenvalue weighted by molar-refractivity contribution is 5.98. The van der Waals surface area contributed by atoms with Crippen molar-refractivity contribution in [1.82, 2.24) is 0 Å². The lowest BCUT2D eigenvalue weighted by Crippen LogP contribution is -2.28. The molecule has 0 saturated carbocycles. The molecule has 0 saturated heterocycles. The zero-order chi connectivity index (χ0) is 40.1. The van der Waals surface area contributed by atoms with E-state index in [9.17, 15) is 0 Å². The molecule has 0 N–H and O–H groups in total. The van der Waals surface area contributed by atoms with Gasteiger partial charge in [-0.2, -0.15) is 0 Å². The average molecular weight is 774 g/mol. The molecule has 0 unspecified atom stereocenters. The summed E-state index contributed by atoms with van der Waals surface area (Å²) in [7, 11) is 0. The van der Waals surface area contributed by atoms with Gasteiger partial charge in [0.25, 0.3) is 0 Å². The van der Waals surface area contributed by atoms with Crippen molar-refractivity contribution in [2.24, 2.45) is 0 Å². The molecule has 3 aliphatic rings. The van der Waals surface area contributed by atoms with Crippen molar-refractivity contribution in [2.45, 2.75) is 10.8 Å². The summed E-state index contributed by atoms with van der Waals surface area (Å²) >= 11 is 0. The van der Waals surface area contributed by atoms with Crippen LogP contribution in [0.15, 0.2) is 237 Å². The molecule has 1 nitrogen and oxygen atoms in total. The Morgan fingerprint density at radius 2 is 0.623 bits per heavy atom. The highest BCUT2D eigenvalue weighted by Crippen LogP contribution is 2.64. The first-order valence-electron chi connectivity index (χ1n) is 21.3. The van der Waals surface area contributed by atoms with E-state index in [0.717, 1.165) is 17.1 Å². The predicted octanol–water partition coefficient (Wildman–Crippen LogP) is 15.0. The van der Waals surface area contributed by atoms with Crippen molar-refractivity contribution >= 4 is 27.8 Å². The third-order valence-corrected chi connectivity index (χ3v) is 13.9. The van der Waals surface area contributed by atoms with Gasteiger partial charge in [-0.15, -0.1) is 0 Å². The van der Waals surface area contributed by atoms with Crippen LogP contribution < -0.4 is 4.90 Å². The number of hydrogen-bond donors (Lipinski definition) is 0. The van der Waals surface area contributed by atoms with Crippen LogP contribution in [0.2, 0.25) is 0 Å². The lowest BCUT2D eigenvalue weighted by atomic mass is 9.68. The van der Waals surface area contributed by atoms with Crippen molar-refractivity contribution in [3.8, 4) is 33.4 Å². The maximum absolute atomic E-state index is 2.50. The van der Waals surface area contributed by atoms with Crippen LogP contribution in [0.1, 0.15) is 44.5 Å². The molecule has 3 aliphatic carbocycles. The Morgan fingerprint density at radius 1 is 0.230 bits per heavy atom. The van der Waals surface area contributed by atoms with E-state index in [1.165, 1.54) is 88.7 Å². The van der Waals surface area contributed by atoms with Gasteiger partial charge in [0.1, 0.15) is 0 Å². The second-order valence-electron chi connectivity index (χ2n) is 16.7. The van der Waals surface area contributed by atoms with Crippen LogP contribution >= 0.6 is 0 Å². The zero-order valence-electron chi connectivity index (χ0n) is 33.5. The van der Waals surface area contributed by atoms with Crippen LogP contribution in [0.4, 0.5) is 17.1 Å². The molecule has 1 spiro atoms. The molecule has 0 fully saturated rings. The zero-order valence-corrected chi connectivity index (χ0v) is 33.5. The highest BCUT2D eigenvalue weighted by atomic mass is 15.1. The van der Waals surface area contributed by atoms with E-state index in [-0.39, 0.29) is 0 Å². The Balaban J connectivity index is 1.08. The fourth-order valence-electron chi connectivity index (χ4n) is 11.6. The van der Waals surface area contributed by atoms with Crippen molar-refractivity contribution in [3.05, 3.63) is 281 Å². The molecule has 10 aromatic carbocycles. The number of anilines is 3. The molecule has 0 amide bonds. The maximum Gasteiger partial charge on any atom is 0.0726 e. The van der Waals surface area contributed by atoms with Crippen LogP contribution in [0.5, 0.6) is 0 Å². The van der Waals surface area contributed by atoms with Gasteiger partial charge in [-0.05, 0) is 125 Å². The van der Waals surface area contributed by atoms with Gasteiger partial charge in [-0.25, -0.2) is 0 Å². The minimum atomic E-state index is -0.463. The Kier molecular flexibility index (Phi) is 7.21. The van der Waals surface area contributed by atoms with Crippen molar-refractivity contribution < 1.29 is 0 Å². The molecule has 10 aromatic rings. The van der Waals surface area contributed by atoms with Gasteiger partial charge >= 0.3 is 0 Å². The highest BCUT2D eigenvalue weighted by Gasteiger charge is 2.52. The van der Waals surface area contributed by atoms with Crippen molar-refractivity contribution in [3.63, 3.8) is 0 Å². The van der Waals surface area contributed by atoms with Crippen LogP contribution in [0.25, 0.3) is 44.2 Å². The number of hydrogen-bond acceptors (Lipinski definition) is 1. The number of nitrogens with zero attached hydrogens (tertiary/aromatic N) is 1. The lowest BCUT2D eigenvalue weighted by Gasteiger charge is -2.34. The summed E-state index contributed by atoms with van der Waals surface area (Å²) in [6.45, 7) is 0. The summed E-state index contributed by atoms with van der Waals surface area (Å²) in [4.78, 5) is 2.49. The SMILES string of the molecule is c1ccc(C2(c3ccccc3)c3ccccc3-c3cc(N(c4ccc5c(c4)C4(c6ccccc6-c6ccccc64)c4ccccc4-5)c4ccc5ccccc5c4)ccc32)cc1. The molecule has 1 heteroatoms. The average Bonchev–Trinajstić information content (AvgIpc) is 3.92. The summed E-state index contributed by atoms with van der Waals surface area (Å²) in [6.07, 6.45) is 0. The van der Waals surface area contributed by atoms with E-state index in [1.54, 1.807) is 0 Å². The quantitative estimate of drug-likeness (QED) is 0.168. The Morgan fingerprint density at radius 3 is 1.21 bits per heavy atom. The molecule has 284 valence electrons. The second kappa shape index (κ2) is 12.9. The molecule has 13 rings (SSSR count). The molecule has 0 radical (unpaired) electrons. The largest absolute Gasteiger partial charge is 0.310 e. The maximum atomic E-state index is 2.50. The standard InChI is InChI=1S/C60H39N/c1-3-19-42(20-4-1)59(43-21-5-2-6-22-43)53-27-13-12-26-50(53)52-38-45(34-36-57(52)59)61(44-32-31-40-17-7-8-18-41(40)37-44)46-33-35-51-49-25-11-16-30-56(49)60(58(51)39-46)54-28-14-9-23-47(54)48-24-10-15-29-55(48)60/h1-39H. The monoisotopic (exact) mass is 773 g/mol. The molecule has 0 bridgehead atoms. The van der Waals surface area contributed by atoms with Gasteiger partial charge in [0.2, 0.25) is 0 Å². The summed E-state index contributed by atoms with van der Waals surface area (Å²) in [5.74, 6) is 0. The van der Waals surface area contributed by atoms with E-state index >= 15 is 0 Å². The lowest BCUT2D eigenvalue weighted by molar-refractivity contribution is 0.768. The Bertz CT molecular complexity index is 3280. The number of rotatable bonds is 5. The summed E-state index contributed by atoms with van der Waals surface area (Å²) in [5.41, 5.74) is 20.8. The Hall–Kier alpha value is -7.74. The predicted molar refractivity (Wildman–Crippen MR) is 252 cm³/mol. The van der Waals surface area contributed by atoms with Crippen molar-refractivity contribution in [2.75, 3.05) is 4.90 Å². The van der Waals surface area contributed by atoms with E-state index in [4.69, 9.17) is 0 Å². The van der Waals surface area contributed by atoms with E-state index < -0.39 is 10.8 Å². The minimum Gasteiger partial charge on any atom is -0.310 e. The number of benzene rings is 10. The molecular formula is C60H39N. The first-order valence-corrected chi connectivity index (χ1v) is 21.3. The first-order chi connectivity index (χ1) is 30.3. The van der Waals surface area contributed by atoms with Crippen molar-refractivity contribution in [1.29, 1.82) is 0 Å². The van der Waals surface area contributed by atoms with Gasteiger partial charge < -0.3 is 4.90 Å².